The standard InChI is InChI=1S/C10H18N4O/c1-8-7-9(14-13-8)12-10(15)5-3-2-4-6-11/h7H,2-6,11H2,1H3,(H2,12,13,14,15). The summed E-state index contributed by atoms with van der Waals surface area (Å²) in [6.07, 6.45) is 3.40. The number of aromatic nitrogens is 2. The Bertz CT molecular complexity index is 308. The van der Waals surface area contributed by atoms with Crippen molar-refractivity contribution in [3.05, 3.63) is 11.8 Å². The lowest BCUT2D eigenvalue weighted by molar-refractivity contribution is -0.116. The highest BCUT2D eigenvalue weighted by Gasteiger charge is 2.03. The van der Waals surface area contributed by atoms with Gasteiger partial charge in [-0.1, -0.05) is 6.42 Å². The van der Waals surface area contributed by atoms with Gasteiger partial charge in [-0.2, -0.15) is 5.10 Å². The van der Waals surface area contributed by atoms with Crippen molar-refractivity contribution in [3.8, 4) is 0 Å². The number of amides is 1. The summed E-state index contributed by atoms with van der Waals surface area (Å²) in [5.74, 6) is 0.606. The molecular weight excluding hydrogens is 192 g/mol. The van der Waals surface area contributed by atoms with E-state index in [0.717, 1.165) is 25.0 Å². The largest absolute Gasteiger partial charge is 0.330 e. The summed E-state index contributed by atoms with van der Waals surface area (Å²) in [5.41, 5.74) is 6.30. The number of anilines is 1. The molecule has 1 heterocycles. The molecule has 5 nitrogen and oxygen atoms in total. The molecule has 0 fully saturated rings. The van der Waals surface area contributed by atoms with Gasteiger partial charge in [0.2, 0.25) is 5.91 Å². The molecule has 0 saturated carbocycles. The first-order valence-corrected chi connectivity index (χ1v) is 5.24. The molecule has 0 radical (unpaired) electrons. The van der Waals surface area contributed by atoms with E-state index in [0.29, 0.717) is 18.8 Å². The van der Waals surface area contributed by atoms with Crippen LogP contribution in [0.25, 0.3) is 0 Å². The molecule has 0 atom stereocenters. The van der Waals surface area contributed by atoms with Crippen LogP contribution in [0.1, 0.15) is 31.4 Å². The summed E-state index contributed by atoms with van der Waals surface area (Å²) in [7, 11) is 0. The van der Waals surface area contributed by atoms with E-state index in [2.05, 4.69) is 15.5 Å². The fourth-order valence-electron chi connectivity index (χ4n) is 1.29. The van der Waals surface area contributed by atoms with Gasteiger partial charge >= 0.3 is 0 Å². The van der Waals surface area contributed by atoms with Crippen LogP contribution in [0.15, 0.2) is 6.07 Å². The van der Waals surface area contributed by atoms with Gasteiger partial charge in [0.05, 0.1) is 0 Å². The molecule has 15 heavy (non-hydrogen) atoms. The van der Waals surface area contributed by atoms with Crippen LogP contribution in [0.5, 0.6) is 0 Å². The Morgan fingerprint density at radius 3 is 2.93 bits per heavy atom. The summed E-state index contributed by atoms with van der Waals surface area (Å²) in [4.78, 5) is 11.4. The minimum Gasteiger partial charge on any atom is -0.330 e. The fourth-order valence-corrected chi connectivity index (χ4v) is 1.29. The lowest BCUT2D eigenvalue weighted by atomic mass is 10.2. The summed E-state index contributed by atoms with van der Waals surface area (Å²) in [6, 6.07) is 1.80. The third kappa shape index (κ3) is 4.60. The third-order valence-electron chi connectivity index (χ3n) is 2.08. The van der Waals surface area contributed by atoms with Gasteiger partial charge in [-0.3, -0.25) is 9.89 Å². The predicted molar refractivity (Wildman–Crippen MR) is 59.5 cm³/mol. The molecule has 0 bridgehead atoms. The van der Waals surface area contributed by atoms with Gasteiger partial charge in [0.15, 0.2) is 5.82 Å². The molecule has 0 spiro atoms. The van der Waals surface area contributed by atoms with Gasteiger partial charge in [-0.15, -0.1) is 0 Å². The maximum absolute atomic E-state index is 11.4. The van der Waals surface area contributed by atoms with Gasteiger partial charge in [0, 0.05) is 18.2 Å². The zero-order valence-electron chi connectivity index (χ0n) is 9.05. The molecule has 0 aromatic carbocycles. The number of H-pyrrole nitrogens is 1. The number of nitrogens with zero attached hydrogens (tertiary/aromatic N) is 1. The van der Waals surface area contributed by atoms with Crippen molar-refractivity contribution in [3.63, 3.8) is 0 Å². The summed E-state index contributed by atoms with van der Waals surface area (Å²) in [6.45, 7) is 2.59. The lowest BCUT2D eigenvalue weighted by Crippen LogP contribution is -2.11. The molecule has 1 aromatic heterocycles. The Labute approximate surface area is 89.4 Å². The molecule has 1 aromatic rings. The SMILES string of the molecule is Cc1cc(NC(=O)CCCCCN)n[nH]1. The molecule has 0 unspecified atom stereocenters. The first-order chi connectivity index (χ1) is 7.22. The quantitative estimate of drug-likeness (QED) is 0.616. The van der Waals surface area contributed by atoms with E-state index < -0.39 is 0 Å². The molecular formula is C10H18N4O. The Hall–Kier alpha value is -1.36. The van der Waals surface area contributed by atoms with Crippen LogP contribution in [0.3, 0.4) is 0 Å². The number of unbranched alkanes of at least 4 members (excludes halogenated alkanes) is 2. The van der Waals surface area contributed by atoms with Crippen molar-refractivity contribution in [2.24, 2.45) is 5.73 Å². The van der Waals surface area contributed by atoms with Crippen molar-refractivity contribution >= 4 is 11.7 Å². The van der Waals surface area contributed by atoms with Gasteiger partial charge in [-0.25, -0.2) is 0 Å². The fraction of sp³-hybridized carbons (Fsp3) is 0.600. The topological polar surface area (TPSA) is 83.8 Å². The van der Waals surface area contributed by atoms with Crippen molar-refractivity contribution in [2.45, 2.75) is 32.6 Å². The highest BCUT2D eigenvalue weighted by Crippen LogP contribution is 2.06. The number of hydrogen-bond acceptors (Lipinski definition) is 3. The Morgan fingerprint density at radius 1 is 1.53 bits per heavy atom. The van der Waals surface area contributed by atoms with Gasteiger partial charge in [0.25, 0.3) is 0 Å². The number of aromatic amines is 1. The normalized spacial score (nSPS) is 10.3. The number of nitrogens with one attached hydrogen (secondary N) is 2. The van der Waals surface area contributed by atoms with E-state index in [1.165, 1.54) is 0 Å². The Kier molecular flexibility index (Phi) is 4.83. The number of aryl methyl sites for hydroxylation is 1. The summed E-state index contributed by atoms with van der Waals surface area (Å²) >= 11 is 0. The second kappa shape index (κ2) is 6.19. The first-order valence-electron chi connectivity index (χ1n) is 5.24. The second-order valence-corrected chi connectivity index (χ2v) is 3.58. The number of carbonyl (C=O) groups excluding carboxylic acids is 1. The highest BCUT2D eigenvalue weighted by molar-refractivity contribution is 5.89. The predicted octanol–water partition coefficient (Wildman–Crippen LogP) is 1.18. The number of rotatable bonds is 6. The van der Waals surface area contributed by atoms with Gasteiger partial charge in [-0.05, 0) is 26.3 Å². The Balaban J connectivity index is 2.18. The van der Waals surface area contributed by atoms with Crippen LogP contribution >= 0.6 is 0 Å². The first kappa shape index (κ1) is 11.7. The van der Waals surface area contributed by atoms with Crippen molar-refractivity contribution in [1.29, 1.82) is 0 Å². The maximum atomic E-state index is 11.4. The van der Waals surface area contributed by atoms with Crippen molar-refractivity contribution in [1.82, 2.24) is 10.2 Å². The third-order valence-corrected chi connectivity index (χ3v) is 2.08. The van der Waals surface area contributed by atoms with Crippen molar-refractivity contribution < 1.29 is 4.79 Å². The zero-order valence-corrected chi connectivity index (χ0v) is 9.05. The number of nitrogens with two attached hydrogens (primary N) is 1. The minimum absolute atomic E-state index is 0.0125. The van der Waals surface area contributed by atoms with Gasteiger partial charge in [0.1, 0.15) is 0 Å². The highest BCUT2D eigenvalue weighted by atomic mass is 16.1. The molecule has 84 valence electrons. The van der Waals surface area contributed by atoms with Crippen LogP contribution in [-0.2, 0) is 4.79 Å². The second-order valence-electron chi connectivity index (χ2n) is 3.58. The average molecular weight is 210 g/mol. The van der Waals surface area contributed by atoms with Crippen LogP contribution in [0, 0.1) is 6.92 Å². The van der Waals surface area contributed by atoms with E-state index >= 15 is 0 Å². The molecule has 1 amide bonds. The molecule has 0 aliphatic rings. The summed E-state index contributed by atoms with van der Waals surface area (Å²) < 4.78 is 0. The lowest BCUT2D eigenvalue weighted by Gasteiger charge is -2.00. The average Bonchev–Trinajstić information content (AvgIpc) is 2.59. The smallest absolute Gasteiger partial charge is 0.225 e. The molecule has 0 aliphatic heterocycles. The van der Waals surface area contributed by atoms with Crippen LogP contribution in [-0.4, -0.2) is 22.6 Å². The molecule has 0 aliphatic carbocycles. The Morgan fingerprint density at radius 2 is 2.33 bits per heavy atom. The van der Waals surface area contributed by atoms with E-state index in [1.807, 2.05) is 6.92 Å². The van der Waals surface area contributed by atoms with Crippen LogP contribution in [0.2, 0.25) is 0 Å². The maximum Gasteiger partial charge on any atom is 0.225 e. The summed E-state index contributed by atoms with van der Waals surface area (Å²) in [5, 5.41) is 9.42. The molecule has 1 rings (SSSR count). The van der Waals surface area contributed by atoms with E-state index in [9.17, 15) is 4.79 Å². The minimum atomic E-state index is 0.0125. The van der Waals surface area contributed by atoms with Gasteiger partial charge < -0.3 is 11.1 Å². The zero-order chi connectivity index (χ0) is 11.1. The van der Waals surface area contributed by atoms with E-state index in [1.54, 1.807) is 6.07 Å². The monoisotopic (exact) mass is 210 g/mol. The van der Waals surface area contributed by atoms with E-state index in [4.69, 9.17) is 5.73 Å². The number of carbonyl (C=O) groups is 1. The van der Waals surface area contributed by atoms with E-state index in [-0.39, 0.29) is 5.91 Å². The van der Waals surface area contributed by atoms with Crippen LogP contribution < -0.4 is 11.1 Å². The van der Waals surface area contributed by atoms with Crippen molar-refractivity contribution in [2.75, 3.05) is 11.9 Å². The number of hydrogen-bond donors (Lipinski definition) is 3. The molecule has 0 saturated heterocycles. The molecule has 4 N–H and O–H groups in total. The van der Waals surface area contributed by atoms with Crippen LogP contribution in [0.4, 0.5) is 5.82 Å². The molecule has 5 heteroatoms.